The number of ether oxygens (including phenoxy) is 2. The molecule has 0 bridgehead atoms. The number of hydrogen-bond donors (Lipinski definition) is 1. The van der Waals surface area contributed by atoms with E-state index in [2.05, 4.69) is 10.5 Å². The minimum atomic E-state index is -0.328. The lowest BCUT2D eigenvalue weighted by Gasteiger charge is -2.13. The Morgan fingerprint density at radius 2 is 1.84 bits per heavy atom. The van der Waals surface area contributed by atoms with Crippen molar-refractivity contribution in [2.45, 2.75) is 13.5 Å². The van der Waals surface area contributed by atoms with Crippen LogP contribution in [0.25, 0.3) is 0 Å². The highest BCUT2D eigenvalue weighted by Crippen LogP contribution is 2.36. The normalized spacial score (nSPS) is 10.8. The molecular formula is C24H22ClFN2O4. The summed E-state index contributed by atoms with van der Waals surface area (Å²) in [6.07, 6.45) is 1.41. The summed E-state index contributed by atoms with van der Waals surface area (Å²) in [6, 6.07) is 16.7. The number of amides is 1. The molecule has 6 nitrogen and oxygen atoms in total. The van der Waals surface area contributed by atoms with Crippen LogP contribution in [0.5, 0.6) is 11.5 Å². The third kappa shape index (κ3) is 6.72. The van der Waals surface area contributed by atoms with Crippen molar-refractivity contribution in [1.82, 2.24) is 0 Å². The van der Waals surface area contributed by atoms with Gasteiger partial charge in [0.15, 0.2) is 18.1 Å². The number of anilines is 1. The molecule has 8 heteroatoms. The Morgan fingerprint density at radius 1 is 1.12 bits per heavy atom. The van der Waals surface area contributed by atoms with Gasteiger partial charge in [-0.3, -0.25) is 4.79 Å². The second kappa shape index (κ2) is 11.2. The lowest BCUT2D eigenvalue weighted by molar-refractivity contribution is -0.120. The van der Waals surface area contributed by atoms with Crippen molar-refractivity contribution < 1.29 is 23.5 Å². The molecule has 0 radical (unpaired) electrons. The zero-order chi connectivity index (χ0) is 22.9. The number of hydrogen-bond acceptors (Lipinski definition) is 5. The van der Waals surface area contributed by atoms with E-state index in [-0.39, 0.29) is 24.9 Å². The van der Waals surface area contributed by atoms with Gasteiger partial charge in [0.1, 0.15) is 12.4 Å². The van der Waals surface area contributed by atoms with E-state index in [1.165, 1.54) is 25.5 Å². The van der Waals surface area contributed by atoms with Crippen LogP contribution in [0.2, 0.25) is 5.02 Å². The van der Waals surface area contributed by atoms with E-state index in [1.807, 2.05) is 31.2 Å². The molecule has 0 saturated heterocycles. The maximum atomic E-state index is 13.0. The molecule has 0 saturated carbocycles. The first-order chi connectivity index (χ1) is 15.4. The maximum absolute atomic E-state index is 13.0. The molecule has 3 rings (SSSR count). The number of halogens is 2. The SMILES string of the molecule is COc1cc(C=NOCC(=O)Nc2ccc(C)cc2)cc(Cl)c1OCc1ccc(F)cc1. The van der Waals surface area contributed by atoms with Crippen LogP contribution >= 0.6 is 11.6 Å². The van der Waals surface area contributed by atoms with Crippen LogP contribution in [-0.4, -0.2) is 25.8 Å². The molecule has 1 amide bonds. The number of nitrogens with zero attached hydrogens (tertiary/aromatic N) is 1. The van der Waals surface area contributed by atoms with Crippen molar-refractivity contribution in [2.24, 2.45) is 5.16 Å². The summed E-state index contributed by atoms with van der Waals surface area (Å²) >= 11 is 6.34. The van der Waals surface area contributed by atoms with E-state index in [0.717, 1.165) is 11.1 Å². The van der Waals surface area contributed by atoms with Crippen LogP contribution in [0.1, 0.15) is 16.7 Å². The number of aryl methyl sites for hydroxylation is 1. The number of rotatable bonds is 9. The molecule has 0 aliphatic rings. The van der Waals surface area contributed by atoms with Crippen LogP contribution in [-0.2, 0) is 16.2 Å². The Labute approximate surface area is 190 Å². The predicted octanol–water partition coefficient (Wildman–Crippen LogP) is 5.36. The number of methoxy groups -OCH3 is 1. The number of carbonyl (C=O) groups excluding carboxylic acids is 1. The molecule has 32 heavy (non-hydrogen) atoms. The monoisotopic (exact) mass is 456 g/mol. The highest BCUT2D eigenvalue weighted by Gasteiger charge is 2.12. The largest absolute Gasteiger partial charge is 0.493 e. The number of nitrogens with one attached hydrogen (secondary N) is 1. The highest BCUT2D eigenvalue weighted by atomic mass is 35.5. The highest BCUT2D eigenvalue weighted by molar-refractivity contribution is 6.32. The second-order valence-corrected chi connectivity index (χ2v) is 7.28. The van der Waals surface area contributed by atoms with Crippen LogP contribution < -0.4 is 14.8 Å². The van der Waals surface area contributed by atoms with Crippen LogP contribution in [0.3, 0.4) is 0 Å². The topological polar surface area (TPSA) is 69.2 Å². The molecule has 0 heterocycles. The predicted molar refractivity (Wildman–Crippen MR) is 122 cm³/mol. The van der Waals surface area contributed by atoms with Gasteiger partial charge in [0.05, 0.1) is 18.3 Å². The number of oxime groups is 1. The molecule has 0 aliphatic carbocycles. The van der Waals surface area contributed by atoms with Gasteiger partial charge < -0.3 is 19.6 Å². The Kier molecular flexibility index (Phi) is 8.05. The fraction of sp³-hybridized carbons (Fsp3) is 0.167. The molecule has 0 atom stereocenters. The van der Waals surface area contributed by atoms with Crippen LogP contribution in [0.15, 0.2) is 65.8 Å². The zero-order valence-electron chi connectivity index (χ0n) is 17.6. The third-order valence-corrected chi connectivity index (χ3v) is 4.64. The van der Waals surface area contributed by atoms with Gasteiger partial charge in [0.2, 0.25) is 0 Å². The minimum Gasteiger partial charge on any atom is -0.493 e. The summed E-state index contributed by atoms with van der Waals surface area (Å²) in [5.41, 5.74) is 3.16. The number of carbonyl (C=O) groups is 1. The fourth-order valence-electron chi connectivity index (χ4n) is 2.72. The average molecular weight is 457 g/mol. The van der Waals surface area contributed by atoms with E-state index in [0.29, 0.717) is 27.8 Å². The summed E-state index contributed by atoms with van der Waals surface area (Å²) < 4.78 is 24.1. The maximum Gasteiger partial charge on any atom is 0.265 e. The smallest absolute Gasteiger partial charge is 0.265 e. The van der Waals surface area contributed by atoms with Crippen molar-refractivity contribution in [3.05, 3.63) is 88.2 Å². The van der Waals surface area contributed by atoms with Gasteiger partial charge in [-0.25, -0.2) is 4.39 Å². The first-order valence-electron chi connectivity index (χ1n) is 9.71. The van der Waals surface area contributed by atoms with Gasteiger partial charge in [-0.2, -0.15) is 0 Å². The van der Waals surface area contributed by atoms with E-state index in [4.69, 9.17) is 25.9 Å². The van der Waals surface area contributed by atoms with Crippen molar-refractivity contribution in [2.75, 3.05) is 19.0 Å². The first-order valence-corrected chi connectivity index (χ1v) is 10.1. The molecule has 0 spiro atoms. The van der Waals surface area contributed by atoms with E-state index in [9.17, 15) is 9.18 Å². The van der Waals surface area contributed by atoms with Crippen molar-refractivity contribution in [3.8, 4) is 11.5 Å². The Hall–Kier alpha value is -3.58. The van der Waals surface area contributed by atoms with Crippen LogP contribution in [0.4, 0.5) is 10.1 Å². The molecule has 0 aliphatic heterocycles. The molecule has 3 aromatic rings. The summed E-state index contributed by atoms with van der Waals surface area (Å²) in [7, 11) is 1.49. The van der Waals surface area contributed by atoms with Crippen molar-refractivity contribution in [3.63, 3.8) is 0 Å². The molecule has 0 fully saturated rings. The van der Waals surface area contributed by atoms with Gasteiger partial charge in [0, 0.05) is 11.3 Å². The fourth-order valence-corrected chi connectivity index (χ4v) is 2.99. The minimum absolute atomic E-state index is 0.197. The molecule has 3 aromatic carbocycles. The van der Waals surface area contributed by atoms with Gasteiger partial charge in [-0.05, 0) is 48.9 Å². The Bertz CT molecular complexity index is 1090. The summed E-state index contributed by atoms with van der Waals surface area (Å²) in [5.74, 6) is 0.112. The first kappa shape index (κ1) is 23.1. The standard InChI is InChI=1S/C24H22ClFN2O4/c1-16-3-9-20(10-4-16)28-23(29)15-32-27-13-18-11-21(25)24(22(12-18)30-2)31-14-17-5-7-19(26)8-6-17/h3-13H,14-15H2,1-2H3,(H,28,29). The molecular weight excluding hydrogens is 435 g/mol. The number of benzene rings is 3. The van der Waals surface area contributed by atoms with Gasteiger partial charge in [0.25, 0.3) is 5.91 Å². The third-order valence-electron chi connectivity index (χ3n) is 4.36. The average Bonchev–Trinajstić information content (AvgIpc) is 2.78. The van der Waals surface area contributed by atoms with Gasteiger partial charge in [-0.1, -0.05) is 46.6 Å². The Morgan fingerprint density at radius 3 is 2.53 bits per heavy atom. The van der Waals surface area contributed by atoms with Gasteiger partial charge in [-0.15, -0.1) is 0 Å². The molecule has 166 valence electrons. The van der Waals surface area contributed by atoms with Crippen molar-refractivity contribution >= 4 is 29.4 Å². The van der Waals surface area contributed by atoms with Gasteiger partial charge >= 0.3 is 0 Å². The summed E-state index contributed by atoms with van der Waals surface area (Å²) in [5, 5.41) is 6.84. The Balaban J connectivity index is 1.56. The quantitative estimate of drug-likeness (QED) is 0.347. The van der Waals surface area contributed by atoms with Crippen LogP contribution in [0, 0.1) is 12.7 Å². The summed E-state index contributed by atoms with van der Waals surface area (Å²) in [4.78, 5) is 17.0. The lowest BCUT2D eigenvalue weighted by atomic mass is 10.2. The van der Waals surface area contributed by atoms with E-state index >= 15 is 0 Å². The second-order valence-electron chi connectivity index (χ2n) is 6.87. The summed E-state index contributed by atoms with van der Waals surface area (Å²) in [6.45, 7) is 1.92. The molecule has 0 unspecified atom stereocenters. The lowest BCUT2D eigenvalue weighted by Crippen LogP contribution is -2.16. The van der Waals surface area contributed by atoms with E-state index < -0.39 is 0 Å². The molecule has 1 N–H and O–H groups in total. The van der Waals surface area contributed by atoms with E-state index in [1.54, 1.807) is 24.3 Å². The van der Waals surface area contributed by atoms with Crippen molar-refractivity contribution in [1.29, 1.82) is 0 Å². The molecule has 0 aromatic heterocycles. The zero-order valence-corrected chi connectivity index (χ0v) is 18.4.